The standard InChI is InChI=1S/C7H6F2N2O3/c8-5(9)4-2(10)1-3(7(13)14)11-6(4)12/h1,5H,(H,13,14)(H3,10,11,12). The fourth-order valence-corrected chi connectivity index (χ4v) is 0.930. The van der Waals surface area contributed by atoms with Gasteiger partial charge in [-0.05, 0) is 6.07 Å². The van der Waals surface area contributed by atoms with Crippen molar-refractivity contribution in [2.24, 2.45) is 0 Å². The van der Waals surface area contributed by atoms with Crippen molar-refractivity contribution in [2.45, 2.75) is 6.43 Å². The number of aromatic amines is 1. The van der Waals surface area contributed by atoms with E-state index >= 15 is 0 Å². The predicted octanol–water partition coefficient (Wildman–Crippen LogP) is 0.593. The van der Waals surface area contributed by atoms with Crippen LogP contribution >= 0.6 is 0 Å². The molecule has 0 aromatic carbocycles. The van der Waals surface area contributed by atoms with Gasteiger partial charge in [-0.1, -0.05) is 0 Å². The Kier molecular flexibility index (Phi) is 2.50. The fraction of sp³-hybridized carbons (Fsp3) is 0.143. The molecule has 0 amide bonds. The molecule has 7 heteroatoms. The summed E-state index contributed by atoms with van der Waals surface area (Å²) in [5, 5.41) is 8.45. The Balaban J connectivity index is 3.40. The number of hydrogen-bond donors (Lipinski definition) is 3. The molecule has 0 fully saturated rings. The SMILES string of the molecule is Nc1cc(C(=O)O)[nH]c(=O)c1C(F)F. The maximum absolute atomic E-state index is 12.2. The Morgan fingerprint density at radius 2 is 2.14 bits per heavy atom. The lowest BCUT2D eigenvalue weighted by molar-refractivity contribution is 0.0689. The summed E-state index contributed by atoms with van der Waals surface area (Å²) in [6.45, 7) is 0. The Labute approximate surface area is 76.2 Å². The number of hydrogen-bond acceptors (Lipinski definition) is 3. The van der Waals surface area contributed by atoms with Gasteiger partial charge in [-0.15, -0.1) is 0 Å². The smallest absolute Gasteiger partial charge is 0.352 e. The molecule has 0 atom stereocenters. The average Bonchev–Trinajstić information content (AvgIpc) is 2.01. The van der Waals surface area contributed by atoms with E-state index in [-0.39, 0.29) is 0 Å². The summed E-state index contributed by atoms with van der Waals surface area (Å²) in [6.07, 6.45) is -3.03. The number of carboxylic acids is 1. The first-order chi connectivity index (χ1) is 6.43. The summed E-state index contributed by atoms with van der Waals surface area (Å²) >= 11 is 0. The van der Waals surface area contributed by atoms with Gasteiger partial charge in [-0.25, -0.2) is 13.6 Å². The number of aromatic nitrogens is 1. The molecule has 0 unspecified atom stereocenters. The summed E-state index contributed by atoms with van der Waals surface area (Å²) in [5.41, 5.74) is 1.96. The van der Waals surface area contributed by atoms with Crippen molar-refractivity contribution >= 4 is 11.7 Å². The van der Waals surface area contributed by atoms with E-state index in [0.717, 1.165) is 6.07 Å². The molecule has 0 bridgehead atoms. The van der Waals surface area contributed by atoms with Crippen molar-refractivity contribution in [3.63, 3.8) is 0 Å². The summed E-state index contributed by atoms with van der Waals surface area (Å²) < 4.78 is 24.3. The van der Waals surface area contributed by atoms with E-state index in [1.165, 1.54) is 0 Å². The highest BCUT2D eigenvalue weighted by Gasteiger charge is 2.18. The van der Waals surface area contributed by atoms with Crippen molar-refractivity contribution in [1.82, 2.24) is 4.98 Å². The summed E-state index contributed by atoms with van der Waals surface area (Å²) in [5.74, 6) is -1.44. The van der Waals surface area contributed by atoms with E-state index in [1.54, 1.807) is 4.98 Å². The number of carboxylic acid groups (broad SMARTS) is 1. The third-order valence-electron chi connectivity index (χ3n) is 1.55. The summed E-state index contributed by atoms with van der Waals surface area (Å²) in [6, 6.07) is 0.783. The lowest BCUT2D eigenvalue weighted by Gasteiger charge is -2.03. The molecule has 5 nitrogen and oxygen atoms in total. The molecular weight excluding hydrogens is 198 g/mol. The van der Waals surface area contributed by atoms with Crippen LogP contribution in [0, 0.1) is 0 Å². The Morgan fingerprint density at radius 3 is 2.50 bits per heavy atom. The van der Waals surface area contributed by atoms with Crippen LogP contribution < -0.4 is 11.3 Å². The normalized spacial score (nSPS) is 10.5. The highest BCUT2D eigenvalue weighted by molar-refractivity contribution is 5.86. The Morgan fingerprint density at radius 1 is 1.57 bits per heavy atom. The number of nitrogens with two attached hydrogens (primary N) is 1. The van der Waals surface area contributed by atoms with Gasteiger partial charge in [0.2, 0.25) is 0 Å². The van der Waals surface area contributed by atoms with Crippen molar-refractivity contribution in [3.05, 3.63) is 27.7 Å². The highest BCUT2D eigenvalue weighted by atomic mass is 19.3. The zero-order chi connectivity index (χ0) is 10.9. The maximum Gasteiger partial charge on any atom is 0.352 e. The number of nitrogen functional groups attached to an aromatic ring is 1. The van der Waals surface area contributed by atoms with E-state index in [1.807, 2.05) is 0 Å². The van der Waals surface area contributed by atoms with Gasteiger partial charge in [0.1, 0.15) is 11.3 Å². The first kappa shape index (κ1) is 10.2. The average molecular weight is 204 g/mol. The Bertz CT molecular complexity index is 427. The maximum atomic E-state index is 12.2. The van der Waals surface area contributed by atoms with Gasteiger partial charge < -0.3 is 15.8 Å². The van der Waals surface area contributed by atoms with E-state index in [0.29, 0.717) is 0 Å². The van der Waals surface area contributed by atoms with Crippen LogP contribution in [-0.2, 0) is 0 Å². The molecular formula is C7H6F2N2O3. The molecule has 76 valence electrons. The van der Waals surface area contributed by atoms with E-state index in [9.17, 15) is 18.4 Å². The summed E-state index contributed by atoms with van der Waals surface area (Å²) in [7, 11) is 0. The second-order valence-corrected chi connectivity index (χ2v) is 2.49. The number of rotatable bonds is 2. The molecule has 0 aliphatic heterocycles. The topological polar surface area (TPSA) is 96.2 Å². The largest absolute Gasteiger partial charge is 0.477 e. The number of aromatic carboxylic acids is 1. The molecule has 0 saturated heterocycles. The zero-order valence-corrected chi connectivity index (χ0v) is 6.75. The number of nitrogens with one attached hydrogen (secondary N) is 1. The van der Waals surface area contributed by atoms with Crippen LogP contribution in [0.4, 0.5) is 14.5 Å². The van der Waals surface area contributed by atoms with Crippen LogP contribution in [0.15, 0.2) is 10.9 Å². The van der Waals surface area contributed by atoms with Crippen LogP contribution in [0.2, 0.25) is 0 Å². The van der Waals surface area contributed by atoms with Gasteiger partial charge in [0.25, 0.3) is 12.0 Å². The minimum absolute atomic E-state index is 0.517. The molecule has 1 aromatic rings. The van der Waals surface area contributed by atoms with Gasteiger partial charge in [0, 0.05) is 5.69 Å². The van der Waals surface area contributed by atoms with Crippen molar-refractivity contribution in [3.8, 4) is 0 Å². The number of anilines is 1. The molecule has 1 rings (SSSR count). The van der Waals surface area contributed by atoms with Gasteiger partial charge in [0.05, 0.1) is 0 Å². The molecule has 14 heavy (non-hydrogen) atoms. The van der Waals surface area contributed by atoms with Crippen LogP contribution in [-0.4, -0.2) is 16.1 Å². The van der Waals surface area contributed by atoms with Gasteiger partial charge in [-0.3, -0.25) is 4.79 Å². The second kappa shape index (κ2) is 3.44. The van der Waals surface area contributed by atoms with E-state index in [4.69, 9.17) is 10.8 Å². The van der Waals surface area contributed by atoms with Gasteiger partial charge in [0.15, 0.2) is 0 Å². The number of alkyl halides is 2. The third-order valence-corrected chi connectivity index (χ3v) is 1.55. The zero-order valence-electron chi connectivity index (χ0n) is 6.75. The quantitative estimate of drug-likeness (QED) is 0.656. The molecule has 4 N–H and O–H groups in total. The first-order valence-electron chi connectivity index (χ1n) is 3.47. The van der Waals surface area contributed by atoms with Crippen molar-refractivity contribution in [2.75, 3.05) is 5.73 Å². The number of halogens is 2. The Hall–Kier alpha value is -1.92. The lowest BCUT2D eigenvalue weighted by atomic mass is 10.2. The molecule has 0 radical (unpaired) electrons. The fourth-order valence-electron chi connectivity index (χ4n) is 0.930. The molecule has 0 saturated carbocycles. The van der Waals surface area contributed by atoms with E-state index in [2.05, 4.69) is 0 Å². The van der Waals surface area contributed by atoms with E-state index < -0.39 is 34.9 Å². The second-order valence-electron chi connectivity index (χ2n) is 2.49. The number of H-pyrrole nitrogens is 1. The number of carbonyl (C=O) groups is 1. The predicted molar refractivity (Wildman–Crippen MR) is 43.4 cm³/mol. The molecule has 0 aliphatic carbocycles. The van der Waals surface area contributed by atoms with Crippen molar-refractivity contribution in [1.29, 1.82) is 0 Å². The van der Waals surface area contributed by atoms with Gasteiger partial charge in [-0.2, -0.15) is 0 Å². The van der Waals surface area contributed by atoms with Crippen LogP contribution in [0.5, 0.6) is 0 Å². The van der Waals surface area contributed by atoms with Crippen LogP contribution in [0.1, 0.15) is 22.5 Å². The molecule has 1 heterocycles. The van der Waals surface area contributed by atoms with Crippen molar-refractivity contribution < 1.29 is 18.7 Å². The first-order valence-corrected chi connectivity index (χ1v) is 3.47. The molecule has 0 aliphatic rings. The number of pyridine rings is 1. The lowest BCUT2D eigenvalue weighted by Crippen LogP contribution is -2.19. The van der Waals surface area contributed by atoms with Crippen LogP contribution in [0.25, 0.3) is 0 Å². The molecule has 0 spiro atoms. The van der Waals surface area contributed by atoms with Crippen LogP contribution in [0.3, 0.4) is 0 Å². The third kappa shape index (κ3) is 1.70. The van der Waals surface area contributed by atoms with Gasteiger partial charge >= 0.3 is 5.97 Å². The highest BCUT2D eigenvalue weighted by Crippen LogP contribution is 2.20. The molecule has 1 aromatic heterocycles. The summed E-state index contributed by atoms with van der Waals surface area (Å²) in [4.78, 5) is 23.1. The minimum atomic E-state index is -3.03. The minimum Gasteiger partial charge on any atom is -0.477 e. The monoisotopic (exact) mass is 204 g/mol.